The van der Waals surface area contributed by atoms with E-state index >= 15 is 0 Å². The first-order valence-corrected chi connectivity index (χ1v) is 6.46. The zero-order valence-electron chi connectivity index (χ0n) is 10.4. The van der Waals surface area contributed by atoms with E-state index in [1.165, 1.54) is 0 Å². The van der Waals surface area contributed by atoms with Crippen molar-refractivity contribution >= 4 is 17.7 Å². The van der Waals surface area contributed by atoms with Crippen LogP contribution in [0.1, 0.15) is 36.8 Å². The highest BCUT2D eigenvalue weighted by Gasteiger charge is 2.37. The van der Waals surface area contributed by atoms with Gasteiger partial charge in [-0.15, -0.1) is 0 Å². The van der Waals surface area contributed by atoms with Crippen molar-refractivity contribution in [3.05, 3.63) is 34.3 Å². The predicted molar refractivity (Wildman–Crippen MR) is 70.4 cm³/mol. The highest BCUT2D eigenvalue weighted by Crippen LogP contribution is 2.44. The largest absolute Gasteiger partial charge is 0.380 e. The number of isocyanates is 1. The molecule has 2 rings (SSSR count). The van der Waals surface area contributed by atoms with E-state index in [4.69, 9.17) is 16.3 Å². The summed E-state index contributed by atoms with van der Waals surface area (Å²) in [5.41, 5.74) is 1.64. The van der Waals surface area contributed by atoms with Crippen molar-refractivity contribution in [2.75, 3.05) is 7.11 Å². The third-order valence-electron chi connectivity index (χ3n) is 3.56. The van der Waals surface area contributed by atoms with Crippen LogP contribution >= 0.6 is 11.6 Å². The molecule has 0 N–H and O–H groups in total. The zero-order chi connectivity index (χ0) is 13.0. The molecule has 1 aliphatic rings. The van der Waals surface area contributed by atoms with Gasteiger partial charge in [0.2, 0.25) is 6.08 Å². The molecule has 0 aliphatic heterocycles. The van der Waals surface area contributed by atoms with Crippen molar-refractivity contribution in [2.45, 2.75) is 37.8 Å². The number of rotatable bonds is 4. The summed E-state index contributed by atoms with van der Waals surface area (Å²) in [6, 6.07) is 5.69. The lowest BCUT2D eigenvalue weighted by atomic mass is 9.85. The molecule has 1 fully saturated rings. The normalized spacial score (nSPS) is 17.4. The molecule has 0 radical (unpaired) electrons. The van der Waals surface area contributed by atoms with Crippen molar-refractivity contribution < 1.29 is 9.53 Å². The molecule has 1 aliphatic carbocycles. The lowest BCUT2D eigenvalue weighted by Gasteiger charge is -2.25. The molecular formula is C14H16ClNO2. The molecule has 4 heteroatoms. The SMILES string of the molecule is COCc1cc(Cl)ccc1C1(N=C=O)CCCC1. The minimum absolute atomic E-state index is 0.416. The number of benzene rings is 1. The van der Waals surface area contributed by atoms with E-state index in [1.807, 2.05) is 18.2 Å². The molecule has 0 unspecified atom stereocenters. The van der Waals surface area contributed by atoms with Crippen LogP contribution < -0.4 is 0 Å². The maximum atomic E-state index is 10.7. The van der Waals surface area contributed by atoms with E-state index in [-0.39, 0.29) is 0 Å². The first-order chi connectivity index (χ1) is 8.72. The minimum Gasteiger partial charge on any atom is -0.380 e. The highest BCUT2D eigenvalue weighted by molar-refractivity contribution is 6.30. The van der Waals surface area contributed by atoms with Crippen LogP contribution in [0, 0.1) is 0 Å². The fourth-order valence-electron chi connectivity index (χ4n) is 2.78. The highest BCUT2D eigenvalue weighted by atomic mass is 35.5. The Kier molecular flexibility index (Phi) is 4.18. The maximum absolute atomic E-state index is 10.7. The number of nitrogens with zero attached hydrogens (tertiary/aromatic N) is 1. The van der Waals surface area contributed by atoms with Gasteiger partial charge in [-0.05, 0) is 36.1 Å². The zero-order valence-corrected chi connectivity index (χ0v) is 11.2. The van der Waals surface area contributed by atoms with Crippen LogP contribution in [-0.2, 0) is 21.7 Å². The van der Waals surface area contributed by atoms with Crippen molar-refractivity contribution in [1.29, 1.82) is 0 Å². The molecule has 18 heavy (non-hydrogen) atoms. The second-order valence-electron chi connectivity index (χ2n) is 4.68. The first-order valence-electron chi connectivity index (χ1n) is 6.09. The van der Waals surface area contributed by atoms with Gasteiger partial charge < -0.3 is 4.74 Å². The fraction of sp³-hybridized carbons (Fsp3) is 0.500. The molecule has 1 saturated carbocycles. The minimum atomic E-state index is -0.416. The van der Waals surface area contributed by atoms with Crippen LogP contribution in [0.5, 0.6) is 0 Å². The topological polar surface area (TPSA) is 38.7 Å². The molecule has 0 heterocycles. The van der Waals surface area contributed by atoms with Crippen LogP contribution in [0.2, 0.25) is 5.02 Å². The summed E-state index contributed by atoms with van der Waals surface area (Å²) in [4.78, 5) is 14.8. The number of carbonyl (C=O) groups excluding carboxylic acids is 1. The van der Waals surface area contributed by atoms with Gasteiger partial charge in [-0.1, -0.05) is 30.5 Å². The van der Waals surface area contributed by atoms with Gasteiger partial charge in [0.15, 0.2) is 0 Å². The second-order valence-corrected chi connectivity index (χ2v) is 5.11. The van der Waals surface area contributed by atoms with E-state index in [9.17, 15) is 4.79 Å². The van der Waals surface area contributed by atoms with Gasteiger partial charge in [0.1, 0.15) is 0 Å². The van der Waals surface area contributed by atoms with Crippen LogP contribution in [0.4, 0.5) is 0 Å². The van der Waals surface area contributed by atoms with E-state index < -0.39 is 5.54 Å². The number of hydrogen-bond donors (Lipinski definition) is 0. The van der Waals surface area contributed by atoms with Crippen molar-refractivity contribution in [1.82, 2.24) is 0 Å². The summed E-state index contributed by atoms with van der Waals surface area (Å²) in [6.45, 7) is 0.478. The number of hydrogen-bond acceptors (Lipinski definition) is 3. The van der Waals surface area contributed by atoms with Crippen molar-refractivity contribution in [3.63, 3.8) is 0 Å². The van der Waals surface area contributed by atoms with E-state index in [2.05, 4.69) is 4.99 Å². The number of aliphatic imine (C=N–C) groups is 1. The Labute approximate surface area is 112 Å². The van der Waals surface area contributed by atoms with Crippen molar-refractivity contribution in [3.8, 4) is 0 Å². The van der Waals surface area contributed by atoms with Gasteiger partial charge in [0, 0.05) is 12.1 Å². The summed E-state index contributed by atoms with van der Waals surface area (Å²) in [5.74, 6) is 0. The standard InChI is InChI=1S/C14H16ClNO2/c1-18-9-11-8-12(15)4-5-13(11)14(16-10-17)6-2-3-7-14/h4-5,8H,2-3,6-7,9H2,1H3. The van der Waals surface area contributed by atoms with E-state index in [0.717, 1.165) is 36.8 Å². The van der Waals surface area contributed by atoms with Gasteiger partial charge in [-0.25, -0.2) is 4.79 Å². The number of ether oxygens (including phenoxy) is 1. The monoisotopic (exact) mass is 265 g/mol. The van der Waals surface area contributed by atoms with Gasteiger partial charge in [0.05, 0.1) is 12.1 Å². The second kappa shape index (κ2) is 5.66. The molecule has 3 nitrogen and oxygen atoms in total. The van der Waals surface area contributed by atoms with E-state index in [1.54, 1.807) is 13.2 Å². The molecular weight excluding hydrogens is 250 g/mol. The Morgan fingerprint density at radius 1 is 1.44 bits per heavy atom. The average Bonchev–Trinajstić information content (AvgIpc) is 2.79. The van der Waals surface area contributed by atoms with Crippen LogP contribution in [0.25, 0.3) is 0 Å². The molecule has 0 atom stereocenters. The lowest BCUT2D eigenvalue weighted by molar-refractivity contribution is 0.182. The van der Waals surface area contributed by atoms with Crippen LogP contribution in [0.15, 0.2) is 23.2 Å². The number of halogens is 1. The average molecular weight is 266 g/mol. The molecule has 0 aromatic heterocycles. The van der Waals surface area contributed by atoms with Crippen LogP contribution in [-0.4, -0.2) is 13.2 Å². The molecule has 0 bridgehead atoms. The lowest BCUT2D eigenvalue weighted by Crippen LogP contribution is -2.21. The Morgan fingerprint density at radius 2 is 2.17 bits per heavy atom. The summed E-state index contributed by atoms with van der Waals surface area (Å²) >= 11 is 6.02. The predicted octanol–water partition coefficient (Wildman–Crippen LogP) is 3.59. The maximum Gasteiger partial charge on any atom is 0.235 e. The molecule has 96 valence electrons. The number of methoxy groups -OCH3 is 1. The molecule has 1 aromatic rings. The third kappa shape index (κ3) is 2.49. The first kappa shape index (κ1) is 13.3. The molecule has 0 saturated heterocycles. The summed E-state index contributed by atoms with van der Waals surface area (Å²) in [5, 5.41) is 0.675. The Bertz CT molecular complexity index is 475. The van der Waals surface area contributed by atoms with Crippen molar-refractivity contribution in [2.24, 2.45) is 4.99 Å². The summed E-state index contributed by atoms with van der Waals surface area (Å²) in [7, 11) is 1.65. The van der Waals surface area contributed by atoms with Gasteiger partial charge >= 0.3 is 0 Å². The van der Waals surface area contributed by atoms with Gasteiger partial charge in [0.25, 0.3) is 0 Å². The third-order valence-corrected chi connectivity index (χ3v) is 3.79. The molecule has 1 aromatic carbocycles. The Hall–Kier alpha value is -1.15. The van der Waals surface area contributed by atoms with E-state index in [0.29, 0.717) is 11.6 Å². The van der Waals surface area contributed by atoms with Gasteiger partial charge in [-0.3, -0.25) is 0 Å². The summed E-state index contributed by atoms with van der Waals surface area (Å²) < 4.78 is 5.21. The smallest absolute Gasteiger partial charge is 0.235 e. The summed E-state index contributed by atoms with van der Waals surface area (Å²) in [6.07, 6.45) is 5.68. The molecule has 0 amide bonds. The quantitative estimate of drug-likeness (QED) is 0.616. The Morgan fingerprint density at radius 3 is 2.78 bits per heavy atom. The van der Waals surface area contributed by atoms with Gasteiger partial charge in [-0.2, -0.15) is 4.99 Å². The fourth-order valence-corrected chi connectivity index (χ4v) is 2.97. The Balaban J connectivity index is 2.50. The van der Waals surface area contributed by atoms with Crippen LogP contribution in [0.3, 0.4) is 0 Å². The molecule has 0 spiro atoms.